The van der Waals surface area contributed by atoms with Crippen molar-refractivity contribution in [3.8, 4) is 0 Å². The standard InChI is InChI=1S/C12H13BrN2/c1-12(14,15)11-9-5-3-2-4-8(9)6-7-10(11)13/h2-7H,14-15H2,1H3. The summed E-state index contributed by atoms with van der Waals surface area (Å²) in [5, 5.41) is 2.25. The van der Waals surface area contributed by atoms with Crippen LogP contribution in [0.3, 0.4) is 0 Å². The lowest BCUT2D eigenvalue weighted by Crippen LogP contribution is -2.43. The van der Waals surface area contributed by atoms with Gasteiger partial charge in [0.05, 0.1) is 5.66 Å². The number of hydrogen-bond acceptors (Lipinski definition) is 2. The molecule has 0 unspecified atom stereocenters. The predicted molar refractivity (Wildman–Crippen MR) is 67.4 cm³/mol. The Morgan fingerprint density at radius 3 is 2.40 bits per heavy atom. The quantitative estimate of drug-likeness (QED) is 0.779. The minimum atomic E-state index is -0.834. The van der Waals surface area contributed by atoms with Crippen molar-refractivity contribution in [1.29, 1.82) is 0 Å². The molecule has 15 heavy (non-hydrogen) atoms. The molecule has 2 aromatic rings. The molecular formula is C12H13BrN2. The van der Waals surface area contributed by atoms with Gasteiger partial charge >= 0.3 is 0 Å². The molecule has 0 saturated carbocycles. The van der Waals surface area contributed by atoms with E-state index in [-0.39, 0.29) is 0 Å². The summed E-state index contributed by atoms with van der Waals surface area (Å²) in [6, 6.07) is 12.1. The van der Waals surface area contributed by atoms with Crippen LogP contribution in [0, 0.1) is 0 Å². The highest BCUT2D eigenvalue weighted by molar-refractivity contribution is 9.10. The molecule has 4 N–H and O–H groups in total. The van der Waals surface area contributed by atoms with Crippen molar-refractivity contribution < 1.29 is 0 Å². The summed E-state index contributed by atoms with van der Waals surface area (Å²) in [6.07, 6.45) is 0. The van der Waals surface area contributed by atoms with Gasteiger partial charge in [0.25, 0.3) is 0 Å². The SMILES string of the molecule is CC(N)(N)c1c(Br)ccc2ccccc12. The lowest BCUT2D eigenvalue weighted by molar-refractivity contribution is 0.523. The van der Waals surface area contributed by atoms with Gasteiger partial charge < -0.3 is 11.5 Å². The van der Waals surface area contributed by atoms with Crippen LogP contribution in [0.4, 0.5) is 0 Å². The van der Waals surface area contributed by atoms with Crippen LogP contribution in [-0.4, -0.2) is 0 Å². The van der Waals surface area contributed by atoms with Crippen LogP contribution < -0.4 is 11.5 Å². The molecule has 0 aliphatic heterocycles. The van der Waals surface area contributed by atoms with Gasteiger partial charge in [-0.25, -0.2) is 0 Å². The third-order valence-electron chi connectivity index (χ3n) is 2.42. The first kappa shape index (κ1) is 10.6. The molecule has 0 amide bonds. The molecule has 2 nitrogen and oxygen atoms in total. The van der Waals surface area contributed by atoms with Crippen molar-refractivity contribution in [2.75, 3.05) is 0 Å². The van der Waals surface area contributed by atoms with Crippen molar-refractivity contribution in [3.05, 3.63) is 46.4 Å². The predicted octanol–water partition coefficient (Wildman–Crippen LogP) is 2.69. The monoisotopic (exact) mass is 264 g/mol. The van der Waals surface area contributed by atoms with Gasteiger partial charge in [-0.3, -0.25) is 0 Å². The summed E-state index contributed by atoms with van der Waals surface area (Å²) in [5.74, 6) is 0. The van der Waals surface area contributed by atoms with E-state index in [0.29, 0.717) is 0 Å². The van der Waals surface area contributed by atoms with Gasteiger partial charge in [0.2, 0.25) is 0 Å². The van der Waals surface area contributed by atoms with E-state index in [1.165, 1.54) is 0 Å². The zero-order valence-corrected chi connectivity index (χ0v) is 10.1. The van der Waals surface area contributed by atoms with E-state index in [2.05, 4.69) is 28.1 Å². The van der Waals surface area contributed by atoms with E-state index in [0.717, 1.165) is 20.8 Å². The fraction of sp³-hybridized carbons (Fsp3) is 0.167. The van der Waals surface area contributed by atoms with Crippen molar-refractivity contribution in [1.82, 2.24) is 0 Å². The topological polar surface area (TPSA) is 52.0 Å². The second kappa shape index (κ2) is 3.59. The maximum atomic E-state index is 5.97. The average molecular weight is 265 g/mol. The fourth-order valence-electron chi connectivity index (χ4n) is 1.79. The number of hydrogen-bond donors (Lipinski definition) is 2. The number of nitrogens with two attached hydrogens (primary N) is 2. The summed E-state index contributed by atoms with van der Waals surface area (Å²) in [4.78, 5) is 0. The first-order valence-electron chi connectivity index (χ1n) is 4.75. The third kappa shape index (κ3) is 1.91. The van der Waals surface area contributed by atoms with Crippen LogP contribution in [0.15, 0.2) is 40.9 Å². The fourth-order valence-corrected chi connectivity index (χ4v) is 2.57. The molecule has 0 aliphatic rings. The van der Waals surface area contributed by atoms with Gasteiger partial charge in [-0.1, -0.05) is 46.3 Å². The van der Waals surface area contributed by atoms with E-state index in [9.17, 15) is 0 Å². The normalized spacial score (nSPS) is 12.0. The van der Waals surface area contributed by atoms with Crippen molar-refractivity contribution in [2.45, 2.75) is 12.6 Å². The van der Waals surface area contributed by atoms with Crippen LogP contribution in [0.2, 0.25) is 0 Å². The Bertz CT molecular complexity index is 500. The Kier molecular flexibility index (Phi) is 2.54. The van der Waals surface area contributed by atoms with Crippen LogP contribution in [0.25, 0.3) is 10.8 Å². The van der Waals surface area contributed by atoms with Crippen molar-refractivity contribution >= 4 is 26.7 Å². The van der Waals surface area contributed by atoms with E-state index in [1.807, 2.05) is 24.3 Å². The van der Waals surface area contributed by atoms with Gasteiger partial charge in [-0.2, -0.15) is 0 Å². The zero-order chi connectivity index (χ0) is 11.1. The molecule has 0 spiro atoms. The summed E-state index contributed by atoms with van der Waals surface area (Å²) in [6.45, 7) is 1.81. The van der Waals surface area contributed by atoms with Crippen LogP contribution >= 0.6 is 15.9 Å². The van der Waals surface area contributed by atoms with Crippen LogP contribution in [-0.2, 0) is 5.66 Å². The van der Waals surface area contributed by atoms with Gasteiger partial charge in [0, 0.05) is 10.0 Å². The molecule has 0 aromatic heterocycles. The highest BCUT2D eigenvalue weighted by Crippen LogP contribution is 2.31. The first-order valence-corrected chi connectivity index (χ1v) is 5.55. The highest BCUT2D eigenvalue weighted by Gasteiger charge is 2.20. The van der Waals surface area contributed by atoms with Crippen LogP contribution in [0.1, 0.15) is 12.5 Å². The minimum absolute atomic E-state index is 0.834. The average Bonchev–Trinajstić information content (AvgIpc) is 2.15. The number of halogens is 1. The van der Waals surface area contributed by atoms with Gasteiger partial charge in [0.15, 0.2) is 0 Å². The molecule has 0 bridgehead atoms. The molecule has 0 atom stereocenters. The van der Waals surface area contributed by atoms with Crippen LogP contribution in [0.5, 0.6) is 0 Å². The molecule has 3 heteroatoms. The van der Waals surface area contributed by atoms with Crippen molar-refractivity contribution in [3.63, 3.8) is 0 Å². The molecule has 2 aromatic carbocycles. The van der Waals surface area contributed by atoms with Gasteiger partial charge in [-0.05, 0) is 23.8 Å². The summed E-state index contributed by atoms with van der Waals surface area (Å²) in [7, 11) is 0. The Labute approximate surface area is 97.4 Å². The second-order valence-electron chi connectivity index (χ2n) is 3.93. The smallest absolute Gasteiger partial charge is 0.0887 e. The summed E-state index contributed by atoms with van der Waals surface area (Å²) < 4.78 is 0.953. The number of benzene rings is 2. The summed E-state index contributed by atoms with van der Waals surface area (Å²) >= 11 is 3.49. The zero-order valence-electron chi connectivity index (χ0n) is 8.50. The first-order chi connectivity index (χ1) is 7.00. The molecule has 0 radical (unpaired) electrons. The molecule has 2 rings (SSSR count). The molecule has 78 valence electrons. The maximum absolute atomic E-state index is 5.97. The van der Waals surface area contributed by atoms with Crippen molar-refractivity contribution in [2.24, 2.45) is 11.5 Å². The maximum Gasteiger partial charge on any atom is 0.0887 e. The number of fused-ring (bicyclic) bond motifs is 1. The van der Waals surface area contributed by atoms with Gasteiger partial charge in [0.1, 0.15) is 0 Å². The molecular weight excluding hydrogens is 252 g/mol. The second-order valence-corrected chi connectivity index (χ2v) is 4.78. The lowest BCUT2D eigenvalue weighted by atomic mass is 9.96. The lowest BCUT2D eigenvalue weighted by Gasteiger charge is -2.23. The molecule has 0 fully saturated rings. The van der Waals surface area contributed by atoms with E-state index in [1.54, 1.807) is 6.92 Å². The minimum Gasteiger partial charge on any atom is -0.310 e. The Hall–Kier alpha value is -0.900. The Balaban J connectivity index is 2.86. The molecule has 0 heterocycles. The van der Waals surface area contributed by atoms with E-state index >= 15 is 0 Å². The highest BCUT2D eigenvalue weighted by atomic mass is 79.9. The molecule has 0 aliphatic carbocycles. The number of rotatable bonds is 1. The Morgan fingerprint density at radius 1 is 1.07 bits per heavy atom. The van der Waals surface area contributed by atoms with Gasteiger partial charge in [-0.15, -0.1) is 0 Å². The Morgan fingerprint density at radius 2 is 1.73 bits per heavy atom. The molecule has 0 saturated heterocycles. The third-order valence-corrected chi connectivity index (χ3v) is 3.08. The van der Waals surface area contributed by atoms with E-state index < -0.39 is 5.66 Å². The summed E-state index contributed by atoms with van der Waals surface area (Å²) in [5.41, 5.74) is 12.1. The van der Waals surface area contributed by atoms with E-state index in [4.69, 9.17) is 11.5 Å². The largest absolute Gasteiger partial charge is 0.310 e.